The van der Waals surface area contributed by atoms with Crippen molar-refractivity contribution in [2.24, 2.45) is 5.92 Å². The van der Waals surface area contributed by atoms with Crippen molar-refractivity contribution in [3.8, 4) is 0 Å². The molecule has 1 atom stereocenters. The van der Waals surface area contributed by atoms with Crippen LogP contribution in [-0.2, 0) is 22.4 Å². The van der Waals surface area contributed by atoms with Crippen molar-refractivity contribution < 1.29 is 9.59 Å². The number of aromatic nitrogens is 1. The van der Waals surface area contributed by atoms with E-state index in [0.29, 0.717) is 11.4 Å². The Morgan fingerprint density at radius 3 is 2.73 bits per heavy atom. The van der Waals surface area contributed by atoms with Gasteiger partial charge in [-0.05, 0) is 49.9 Å². The molecule has 2 amide bonds. The molecule has 1 N–H and O–H groups in total. The molecule has 2 aliphatic rings. The largest absolute Gasteiger partial charge is 0.345 e. The van der Waals surface area contributed by atoms with Crippen LogP contribution in [0.4, 0.5) is 10.8 Å². The molecule has 1 aromatic heterocycles. The average molecular weight is 447 g/mol. The van der Waals surface area contributed by atoms with Crippen LogP contribution in [0.3, 0.4) is 0 Å². The second-order valence-corrected chi connectivity index (χ2v) is 9.47. The Kier molecular flexibility index (Phi) is 6.29. The zero-order chi connectivity index (χ0) is 21.3. The van der Waals surface area contributed by atoms with Crippen LogP contribution in [0, 0.1) is 12.8 Å². The quantitative estimate of drug-likeness (QED) is 0.773. The fourth-order valence-electron chi connectivity index (χ4n) is 4.09. The third kappa shape index (κ3) is 4.47. The van der Waals surface area contributed by atoms with Crippen molar-refractivity contribution in [2.45, 2.75) is 39.5 Å². The topological polar surface area (TPSA) is 65.5 Å². The van der Waals surface area contributed by atoms with E-state index in [1.54, 1.807) is 17.4 Å². The number of benzene rings is 1. The monoisotopic (exact) mass is 446 g/mol. The lowest BCUT2D eigenvalue weighted by atomic mass is 9.90. The molecular formula is C22H27ClN4O2S. The number of thiazole rings is 1. The van der Waals surface area contributed by atoms with Crippen molar-refractivity contribution >= 4 is 45.6 Å². The molecule has 0 spiro atoms. The molecule has 1 aliphatic heterocycles. The molecule has 30 heavy (non-hydrogen) atoms. The number of hydrogen-bond acceptors (Lipinski definition) is 5. The number of carbonyl (C=O) groups is 2. The summed E-state index contributed by atoms with van der Waals surface area (Å²) < 4.78 is 0. The van der Waals surface area contributed by atoms with E-state index < -0.39 is 0 Å². The zero-order valence-corrected chi connectivity index (χ0v) is 19.0. The number of halogens is 1. The molecule has 4 rings (SSSR count). The van der Waals surface area contributed by atoms with Gasteiger partial charge in [0.2, 0.25) is 11.8 Å². The predicted molar refractivity (Wildman–Crippen MR) is 122 cm³/mol. The third-order valence-corrected chi connectivity index (χ3v) is 7.37. The lowest BCUT2D eigenvalue weighted by Crippen LogP contribution is -2.48. The Labute approximate surface area is 186 Å². The Bertz CT molecular complexity index is 953. The lowest BCUT2D eigenvalue weighted by Gasteiger charge is -2.34. The highest BCUT2D eigenvalue weighted by Gasteiger charge is 2.30. The molecule has 2 heterocycles. The highest BCUT2D eigenvalue weighted by molar-refractivity contribution is 7.15. The number of nitrogens with zero attached hydrogens (tertiary/aromatic N) is 3. The van der Waals surface area contributed by atoms with Gasteiger partial charge in [0.15, 0.2) is 5.13 Å². The smallest absolute Gasteiger partial charge is 0.227 e. The van der Waals surface area contributed by atoms with Gasteiger partial charge in [0, 0.05) is 54.1 Å². The minimum absolute atomic E-state index is 0.0418. The van der Waals surface area contributed by atoms with Crippen LogP contribution in [0.5, 0.6) is 0 Å². The zero-order valence-electron chi connectivity index (χ0n) is 17.4. The van der Waals surface area contributed by atoms with Crippen LogP contribution in [0.15, 0.2) is 18.2 Å². The van der Waals surface area contributed by atoms with Crippen molar-refractivity contribution in [2.75, 3.05) is 36.4 Å². The minimum atomic E-state index is -0.0418. The molecule has 0 radical (unpaired) electrons. The highest BCUT2D eigenvalue weighted by Crippen LogP contribution is 2.35. The summed E-state index contributed by atoms with van der Waals surface area (Å²) in [6.07, 6.45) is 2.94. The van der Waals surface area contributed by atoms with E-state index in [1.807, 2.05) is 30.9 Å². The molecule has 0 bridgehead atoms. The van der Waals surface area contributed by atoms with Gasteiger partial charge in [-0.2, -0.15) is 0 Å². The van der Waals surface area contributed by atoms with E-state index in [0.717, 1.165) is 67.5 Å². The maximum absolute atomic E-state index is 12.8. The summed E-state index contributed by atoms with van der Waals surface area (Å²) in [7, 11) is 0. The first-order chi connectivity index (χ1) is 14.4. The van der Waals surface area contributed by atoms with Crippen LogP contribution in [-0.4, -0.2) is 47.9 Å². The summed E-state index contributed by atoms with van der Waals surface area (Å²) in [4.78, 5) is 35.0. The molecule has 0 unspecified atom stereocenters. The molecule has 0 saturated carbocycles. The van der Waals surface area contributed by atoms with E-state index in [4.69, 9.17) is 16.6 Å². The molecule has 2 aromatic rings. The van der Waals surface area contributed by atoms with Crippen molar-refractivity contribution in [3.05, 3.63) is 39.4 Å². The Morgan fingerprint density at radius 1 is 1.27 bits per heavy atom. The SMILES string of the molecule is CCC(=O)N1CCN(c2nc3c(s2)C[C@H](C(=O)Nc2ccc(Cl)cc2C)CC3)CC1. The van der Waals surface area contributed by atoms with E-state index in [1.165, 1.54) is 4.88 Å². The van der Waals surface area contributed by atoms with Crippen molar-refractivity contribution in [1.29, 1.82) is 0 Å². The van der Waals surface area contributed by atoms with Crippen molar-refractivity contribution in [3.63, 3.8) is 0 Å². The highest BCUT2D eigenvalue weighted by atomic mass is 35.5. The molecule has 8 heteroatoms. The van der Waals surface area contributed by atoms with Crippen LogP contribution in [0.1, 0.15) is 35.9 Å². The number of aryl methyl sites for hydroxylation is 2. The minimum Gasteiger partial charge on any atom is -0.345 e. The number of fused-ring (bicyclic) bond motifs is 1. The number of piperazine rings is 1. The number of rotatable bonds is 4. The van der Waals surface area contributed by atoms with Crippen LogP contribution >= 0.6 is 22.9 Å². The van der Waals surface area contributed by atoms with Crippen molar-refractivity contribution in [1.82, 2.24) is 9.88 Å². The number of carbonyl (C=O) groups excluding carboxylic acids is 2. The first-order valence-electron chi connectivity index (χ1n) is 10.5. The van der Waals surface area contributed by atoms with Gasteiger partial charge in [0.25, 0.3) is 0 Å². The Balaban J connectivity index is 1.38. The second kappa shape index (κ2) is 8.94. The summed E-state index contributed by atoms with van der Waals surface area (Å²) in [5.74, 6) is 0.241. The average Bonchev–Trinajstić information content (AvgIpc) is 3.18. The first-order valence-corrected chi connectivity index (χ1v) is 11.7. The van der Waals surface area contributed by atoms with Gasteiger partial charge < -0.3 is 15.1 Å². The number of hydrogen-bond donors (Lipinski definition) is 1. The van der Waals surface area contributed by atoms with Gasteiger partial charge in [-0.15, -0.1) is 11.3 Å². The molecule has 160 valence electrons. The van der Waals surface area contributed by atoms with Crippen LogP contribution < -0.4 is 10.2 Å². The molecule has 1 saturated heterocycles. The summed E-state index contributed by atoms with van der Waals surface area (Å²) in [5, 5.41) is 4.77. The van der Waals surface area contributed by atoms with Crippen LogP contribution in [0.2, 0.25) is 5.02 Å². The standard InChI is InChI=1S/C22H27ClN4O2S/c1-3-20(28)26-8-10-27(11-9-26)22-25-18-6-4-15(13-19(18)30-22)21(29)24-17-7-5-16(23)12-14(17)2/h5,7,12,15H,3-4,6,8-11,13H2,1-2H3,(H,24,29)/t15-/m1/s1. The number of anilines is 2. The van der Waals surface area contributed by atoms with E-state index >= 15 is 0 Å². The molecule has 1 aliphatic carbocycles. The molecule has 1 fully saturated rings. The van der Waals surface area contributed by atoms with Gasteiger partial charge in [-0.1, -0.05) is 18.5 Å². The van der Waals surface area contributed by atoms with E-state index in [2.05, 4.69) is 10.2 Å². The van der Waals surface area contributed by atoms with E-state index in [9.17, 15) is 9.59 Å². The van der Waals surface area contributed by atoms with Gasteiger partial charge in [-0.25, -0.2) is 4.98 Å². The summed E-state index contributed by atoms with van der Waals surface area (Å²) in [6, 6.07) is 5.52. The molecule has 6 nitrogen and oxygen atoms in total. The van der Waals surface area contributed by atoms with Gasteiger partial charge in [0.05, 0.1) is 5.69 Å². The Hall–Kier alpha value is -2.12. The predicted octanol–water partition coefficient (Wildman–Crippen LogP) is 3.91. The second-order valence-electron chi connectivity index (χ2n) is 7.98. The van der Waals surface area contributed by atoms with E-state index in [-0.39, 0.29) is 17.7 Å². The van der Waals surface area contributed by atoms with Gasteiger partial charge in [-0.3, -0.25) is 9.59 Å². The fourth-order valence-corrected chi connectivity index (χ4v) is 5.56. The lowest BCUT2D eigenvalue weighted by molar-refractivity contribution is -0.131. The number of amides is 2. The summed E-state index contributed by atoms with van der Waals surface area (Å²) >= 11 is 7.72. The van der Waals surface area contributed by atoms with Gasteiger partial charge >= 0.3 is 0 Å². The maximum Gasteiger partial charge on any atom is 0.227 e. The normalized spacial score (nSPS) is 18.8. The first kappa shape index (κ1) is 21.1. The summed E-state index contributed by atoms with van der Waals surface area (Å²) in [5.41, 5.74) is 2.92. The molecular weight excluding hydrogens is 420 g/mol. The number of nitrogens with one attached hydrogen (secondary N) is 1. The fraction of sp³-hybridized carbons (Fsp3) is 0.500. The third-order valence-electron chi connectivity index (χ3n) is 5.95. The van der Waals surface area contributed by atoms with Crippen LogP contribution in [0.25, 0.3) is 0 Å². The Morgan fingerprint density at radius 2 is 2.03 bits per heavy atom. The van der Waals surface area contributed by atoms with Gasteiger partial charge in [0.1, 0.15) is 0 Å². The maximum atomic E-state index is 12.8. The summed E-state index contributed by atoms with van der Waals surface area (Å²) in [6.45, 7) is 6.99. The molecule has 1 aromatic carbocycles.